The van der Waals surface area contributed by atoms with E-state index in [0.717, 1.165) is 25.9 Å². The number of amides is 1. The van der Waals surface area contributed by atoms with Crippen molar-refractivity contribution in [1.82, 2.24) is 4.90 Å². The molecule has 0 aromatic rings. The van der Waals surface area contributed by atoms with Gasteiger partial charge in [0, 0.05) is 19.5 Å². The lowest BCUT2D eigenvalue weighted by Gasteiger charge is -2.22. The third kappa shape index (κ3) is 11.0. The molecule has 0 heterocycles. The Kier molecular flexibility index (Phi) is 13.5. The summed E-state index contributed by atoms with van der Waals surface area (Å²) in [5, 5.41) is 0. The second kappa shape index (κ2) is 13.9. The Bertz CT molecular complexity index is 189. The zero-order valence-corrected chi connectivity index (χ0v) is 13.4. The number of hydrogen-bond acceptors (Lipinski definition) is 1. The smallest absolute Gasteiger partial charge is 0.226 e. The van der Waals surface area contributed by atoms with Gasteiger partial charge in [0.15, 0.2) is 0 Å². The van der Waals surface area contributed by atoms with Crippen molar-refractivity contribution in [1.29, 1.82) is 0 Å². The standard InChI is InChI=1S/C17H34NO/c1-4-7-9-11-13-15-18(17(19)6-3)16-14-12-10-8-5-2/h6H,4-5,7-16H2,1-3H3. The van der Waals surface area contributed by atoms with Gasteiger partial charge in [-0.25, -0.2) is 0 Å². The average Bonchev–Trinajstić information content (AvgIpc) is 2.43. The fraction of sp³-hybridized carbons (Fsp3) is 0.882. The van der Waals surface area contributed by atoms with E-state index in [0.29, 0.717) is 0 Å². The van der Waals surface area contributed by atoms with Crippen LogP contribution in [0.25, 0.3) is 0 Å². The van der Waals surface area contributed by atoms with Crippen molar-refractivity contribution in [2.45, 2.75) is 85.0 Å². The van der Waals surface area contributed by atoms with Gasteiger partial charge < -0.3 is 4.90 Å². The van der Waals surface area contributed by atoms with Crippen LogP contribution >= 0.6 is 0 Å². The minimum Gasteiger partial charge on any atom is -0.342 e. The maximum absolute atomic E-state index is 11.8. The molecule has 113 valence electrons. The summed E-state index contributed by atoms with van der Waals surface area (Å²) in [6, 6.07) is 0. The number of rotatable bonds is 13. The fourth-order valence-corrected chi connectivity index (χ4v) is 2.33. The number of carbonyl (C=O) groups excluding carboxylic acids is 1. The van der Waals surface area contributed by atoms with Gasteiger partial charge in [-0.1, -0.05) is 72.1 Å². The van der Waals surface area contributed by atoms with Gasteiger partial charge in [0.05, 0.1) is 0 Å². The summed E-state index contributed by atoms with van der Waals surface area (Å²) < 4.78 is 0. The zero-order valence-electron chi connectivity index (χ0n) is 13.4. The highest BCUT2D eigenvalue weighted by molar-refractivity contribution is 5.84. The minimum atomic E-state index is 0.214. The molecule has 0 unspecified atom stereocenters. The first-order valence-electron chi connectivity index (χ1n) is 8.34. The van der Waals surface area contributed by atoms with Crippen LogP contribution in [0.1, 0.15) is 85.0 Å². The average molecular weight is 268 g/mol. The van der Waals surface area contributed by atoms with Gasteiger partial charge >= 0.3 is 0 Å². The summed E-state index contributed by atoms with van der Waals surface area (Å²) in [5.41, 5.74) is 0. The molecule has 0 fully saturated rings. The Balaban J connectivity index is 3.73. The number of nitrogens with zero attached hydrogens (tertiary/aromatic N) is 1. The molecule has 2 nitrogen and oxygen atoms in total. The van der Waals surface area contributed by atoms with Crippen LogP contribution in [0.3, 0.4) is 0 Å². The summed E-state index contributed by atoms with van der Waals surface area (Å²) >= 11 is 0. The third-order valence-corrected chi connectivity index (χ3v) is 3.62. The van der Waals surface area contributed by atoms with E-state index < -0.39 is 0 Å². The number of carbonyl (C=O) groups is 1. The molecule has 0 aliphatic rings. The van der Waals surface area contributed by atoms with E-state index >= 15 is 0 Å². The second-order valence-corrected chi connectivity index (χ2v) is 5.44. The molecule has 0 spiro atoms. The van der Waals surface area contributed by atoms with Gasteiger partial charge in [-0.15, -0.1) is 0 Å². The van der Waals surface area contributed by atoms with Crippen LogP contribution in [-0.2, 0) is 4.79 Å². The Labute approximate surface area is 120 Å². The SMILES string of the molecule is C[CH]C(=O)N(CCCCCCC)CCCCCCC. The lowest BCUT2D eigenvalue weighted by atomic mass is 10.1. The molecule has 19 heavy (non-hydrogen) atoms. The molecule has 0 bridgehead atoms. The van der Waals surface area contributed by atoms with Crippen molar-refractivity contribution in [3.05, 3.63) is 6.42 Å². The molecule has 0 N–H and O–H groups in total. The highest BCUT2D eigenvalue weighted by Crippen LogP contribution is 2.08. The largest absolute Gasteiger partial charge is 0.342 e. The van der Waals surface area contributed by atoms with Gasteiger partial charge in [-0.3, -0.25) is 4.79 Å². The molecule has 1 amide bonds. The van der Waals surface area contributed by atoms with Crippen molar-refractivity contribution in [3.63, 3.8) is 0 Å². The summed E-state index contributed by atoms with van der Waals surface area (Å²) in [5.74, 6) is 0.214. The Hall–Kier alpha value is -0.530. The number of hydrogen-bond donors (Lipinski definition) is 0. The van der Waals surface area contributed by atoms with E-state index in [-0.39, 0.29) is 5.91 Å². The Morgan fingerprint density at radius 2 is 1.21 bits per heavy atom. The first-order valence-corrected chi connectivity index (χ1v) is 8.34. The van der Waals surface area contributed by atoms with Crippen LogP contribution < -0.4 is 0 Å². The van der Waals surface area contributed by atoms with Crippen LogP contribution in [0.15, 0.2) is 0 Å². The molecular formula is C17H34NO. The summed E-state index contributed by atoms with van der Waals surface area (Å²) in [6.07, 6.45) is 14.4. The normalized spacial score (nSPS) is 10.7. The van der Waals surface area contributed by atoms with Crippen molar-refractivity contribution >= 4 is 5.91 Å². The first-order chi connectivity index (χ1) is 9.26. The zero-order chi connectivity index (χ0) is 14.3. The summed E-state index contributed by atoms with van der Waals surface area (Å²) in [7, 11) is 0. The minimum absolute atomic E-state index is 0.214. The molecule has 0 atom stereocenters. The topological polar surface area (TPSA) is 20.3 Å². The molecule has 2 heteroatoms. The molecule has 0 aromatic carbocycles. The van der Waals surface area contributed by atoms with E-state index in [1.165, 1.54) is 51.4 Å². The van der Waals surface area contributed by atoms with E-state index in [4.69, 9.17) is 0 Å². The predicted molar refractivity (Wildman–Crippen MR) is 84.1 cm³/mol. The monoisotopic (exact) mass is 268 g/mol. The van der Waals surface area contributed by atoms with Crippen LogP contribution in [-0.4, -0.2) is 23.9 Å². The Morgan fingerprint density at radius 3 is 1.58 bits per heavy atom. The molecule has 0 aliphatic heterocycles. The third-order valence-electron chi connectivity index (χ3n) is 3.62. The highest BCUT2D eigenvalue weighted by Gasteiger charge is 2.10. The van der Waals surface area contributed by atoms with Gasteiger partial charge in [-0.2, -0.15) is 0 Å². The van der Waals surface area contributed by atoms with Crippen LogP contribution in [0, 0.1) is 6.42 Å². The van der Waals surface area contributed by atoms with Gasteiger partial charge in [0.1, 0.15) is 0 Å². The fourth-order valence-electron chi connectivity index (χ4n) is 2.33. The molecular weight excluding hydrogens is 234 g/mol. The lowest BCUT2D eigenvalue weighted by Crippen LogP contribution is -2.32. The van der Waals surface area contributed by atoms with Gasteiger partial charge in [0.25, 0.3) is 0 Å². The first kappa shape index (κ1) is 18.5. The van der Waals surface area contributed by atoms with Crippen molar-refractivity contribution in [2.24, 2.45) is 0 Å². The quantitative estimate of drug-likeness (QED) is 0.431. The maximum Gasteiger partial charge on any atom is 0.226 e. The van der Waals surface area contributed by atoms with Crippen LogP contribution in [0.5, 0.6) is 0 Å². The second-order valence-electron chi connectivity index (χ2n) is 5.44. The summed E-state index contributed by atoms with van der Waals surface area (Å²) in [4.78, 5) is 13.9. The Morgan fingerprint density at radius 1 is 0.789 bits per heavy atom. The van der Waals surface area contributed by atoms with Crippen LogP contribution in [0.2, 0.25) is 0 Å². The highest BCUT2D eigenvalue weighted by atomic mass is 16.2. The maximum atomic E-state index is 11.8. The molecule has 0 saturated carbocycles. The van der Waals surface area contributed by atoms with Gasteiger partial charge in [-0.05, 0) is 12.8 Å². The molecule has 0 rings (SSSR count). The van der Waals surface area contributed by atoms with Gasteiger partial charge in [0.2, 0.25) is 5.91 Å². The molecule has 0 aliphatic carbocycles. The number of unbranched alkanes of at least 4 members (excludes halogenated alkanes) is 8. The van der Waals surface area contributed by atoms with Crippen molar-refractivity contribution in [2.75, 3.05) is 13.1 Å². The van der Waals surface area contributed by atoms with Crippen molar-refractivity contribution in [3.8, 4) is 0 Å². The van der Waals surface area contributed by atoms with Crippen LogP contribution in [0.4, 0.5) is 0 Å². The van der Waals surface area contributed by atoms with E-state index in [9.17, 15) is 4.79 Å². The van der Waals surface area contributed by atoms with E-state index in [2.05, 4.69) is 13.8 Å². The van der Waals surface area contributed by atoms with E-state index in [1.54, 1.807) is 6.42 Å². The van der Waals surface area contributed by atoms with E-state index in [1.807, 2.05) is 11.8 Å². The van der Waals surface area contributed by atoms with Crippen molar-refractivity contribution < 1.29 is 4.79 Å². The summed E-state index contributed by atoms with van der Waals surface area (Å²) in [6.45, 7) is 8.21. The molecule has 0 saturated heterocycles. The molecule has 0 aromatic heterocycles. The predicted octanol–water partition coefficient (Wildman–Crippen LogP) is 4.98. The molecule has 1 radical (unpaired) electrons. The lowest BCUT2D eigenvalue weighted by molar-refractivity contribution is -0.127.